The molecular formula is C15H20ClFN2O3. The number of aliphatic carboxylic acids is 1. The van der Waals surface area contributed by atoms with Gasteiger partial charge in [0, 0.05) is 12.6 Å². The molecule has 0 aromatic heterocycles. The summed E-state index contributed by atoms with van der Waals surface area (Å²) in [6.45, 7) is 2.58. The lowest BCUT2D eigenvalue weighted by Crippen LogP contribution is -2.40. The fourth-order valence-corrected chi connectivity index (χ4v) is 2.71. The molecule has 2 unspecified atom stereocenters. The molecule has 1 fully saturated rings. The van der Waals surface area contributed by atoms with Gasteiger partial charge in [-0.2, -0.15) is 0 Å². The van der Waals surface area contributed by atoms with Crippen LogP contribution in [0.4, 0.5) is 4.39 Å². The number of benzene rings is 1. The minimum absolute atomic E-state index is 0. The summed E-state index contributed by atoms with van der Waals surface area (Å²) in [4.78, 5) is 24.1. The molecule has 0 saturated carbocycles. The van der Waals surface area contributed by atoms with E-state index in [1.54, 1.807) is 12.1 Å². The highest BCUT2D eigenvalue weighted by molar-refractivity contribution is 5.85. The quantitative estimate of drug-likeness (QED) is 0.861. The van der Waals surface area contributed by atoms with Crippen molar-refractivity contribution in [3.8, 4) is 0 Å². The fourth-order valence-electron chi connectivity index (χ4n) is 2.71. The third-order valence-corrected chi connectivity index (χ3v) is 3.83. The molecule has 5 nitrogen and oxygen atoms in total. The Balaban J connectivity index is 0.00000242. The van der Waals surface area contributed by atoms with E-state index in [0.29, 0.717) is 6.54 Å². The number of nitrogens with one attached hydrogen (secondary N) is 1. The molecular weight excluding hydrogens is 311 g/mol. The largest absolute Gasteiger partial charge is 0.480 e. The van der Waals surface area contributed by atoms with Gasteiger partial charge in [0.2, 0.25) is 5.91 Å². The van der Waals surface area contributed by atoms with E-state index < -0.39 is 5.97 Å². The maximum atomic E-state index is 12.9. The highest BCUT2D eigenvalue weighted by Gasteiger charge is 2.31. The molecule has 7 heteroatoms. The second-order valence-electron chi connectivity index (χ2n) is 5.43. The van der Waals surface area contributed by atoms with Crippen LogP contribution in [0, 0.1) is 5.82 Å². The summed E-state index contributed by atoms with van der Waals surface area (Å²) >= 11 is 0. The van der Waals surface area contributed by atoms with E-state index in [4.69, 9.17) is 5.11 Å². The Morgan fingerprint density at radius 1 is 1.36 bits per heavy atom. The number of rotatable bonds is 5. The normalized spacial score (nSPS) is 21.2. The zero-order valence-electron chi connectivity index (χ0n) is 12.3. The predicted octanol–water partition coefficient (Wildman–Crippen LogP) is 1.63. The highest BCUT2D eigenvalue weighted by Crippen LogP contribution is 2.31. The predicted molar refractivity (Wildman–Crippen MR) is 82.7 cm³/mol. The van der Waals surface area contributed by atoms with Crippen LogP contribution >= 0.6 is 12.4 Å². The zero-order chi connectivity index (χ0) is 15.4. The number of carbonyl (C=O) groups excluding carboxylic acids is 1. The van der Waals surface area contributed by atoms with Gasteiger partial charge in [0.1, 0.15) is 12.4 Å². The number of halogens is 2. The van der Waals surface area contributed by atoms with Gasteiger partial charge in [-0.15, -0.1) is 12.4 Å². The Bertz CT molecular complexity index is 524. The van der Waals surface area contributed by atoms with Crippen molar-refractivity contribution in [2.75, 3.05) is 19.6 Å². The maximum Gasteiger partial charge on any atom is 0.322 e. The Morgan fingerprint density at radius 3 is 2.59 bits per heavy atom. The number of carbonyl (C=O) groups is 2. The summed E-state index contributed by atoms with van der Waals surface area (Å²) in [6.07, 6.45) is 0.901. The lowest BCUT2D eigenvalue weighted by molar-refractivity contribution is -0.138. The number of carboxylic acids is 1. The van der Waals surface area contributed by atoms with Gasteiger partial charge < -0.3 is 10.4 Å². The van der Waals surface area contributed by atoms with Crippen molar-refractivity contribution in [2.24, 2.45) is 0 Å². The van der Waals surface area contributed by atoms with Gasteiger partial charge in [-0.05, 0) is 37.0 Å². The smallest absolute Gasteiger partial charge is 0.322 e. The lowest BCUT2D eigenvalue weighted by Gasteiger charge is -2.20. The van der Waals surface area contributed by atoms with Gasteiger partial charge in [-0.1, -0.05) is 12.1 Å². The molecule has 22 heavy (non-hydrogen) atoms. The van der Waals surface area contributed by atoms with Crippen LogP contribution in [0.15, 0.2) is 24.3 Å². The molecule has 1 aliphatic rings. The minimum Gasteiger partial charge on any atom is -0.480 e. The monoisotopic (exact) mass is 330 g/mol. The average Bonchev–Trinajstić information content (AvgIpc) is 2.78. The molecule has 0 radical (unpaired) electrons. The van der Waals surface area contributed by atoms with Crippen LogP contribution < -0.4 is 5.32 Å². The van der Waals surface area contributed by atoms with E-state index in [-0.39, 0.29) is 49.2 Å². The molecule has 1 aromatic carbocycles. The van der Waals surface area contributed by atoms with Crippen molar-refractivity contribution in [1.29, 1.82) is 0 Å². The summed E-state index contributed by atoms with van der Waals surface area (Å²) in [7, 11) is 0. The molecule has 0 bridgehead atoms. The van der Waals surface area contributed by atoms with Crippen LogP contribution in [0.1, 0.15) is 24.8 Å². The first-order valence-electron chi connectivity index (χ1n) is 6.93. The Kier molecular flexibility index (Phi) is 6.77. The molecule has 2 N–H and O–H groups in total. The van der Waals surface area contributed by atoms with Gasteiger partial charge >= 0.3 is 5.97 Å². The summed E-state index contributed by atoms with van der Waals surface area (Å²) in [5.41, 5.74) is 1.07. The van der Waals surface area contributed by atoms with Crippen molar-refractivity contribution in [3.05, 3.63) is 35.6 Å². The van der Waals surface area contributed by atoms with Gasteiger partial charge in [-0.25, -0.2) is 4.39 Å². The number of nitrogens with zero attached hydrogens (tertiary/aromatic N) is 1. The molecule has 1 saturated heterocycles. The molecule has 1 aromatic rings. The van der Waals surface area contributed by atoms with Gasteiger partial charge in [0.05, 0.1) is 6.54 Å². The van der Waals surface area contributed by atoms with E-state index in [1.165, 1.54) is 12.1 Å². The first kappa shape index (κ1) is 18.4. The van der Waals surface area contributed by atoms with Crippen LogP contribution in [-0.4, -0.2) is 47.6 Å². The first-order valence-corrected chi connectivity index (χ1v) is 6.93. The molecule has 1 heterocycles. The van der Waals surface area contributed by atoms with Gasteiger partial charge in [-0.3, -0.25) is 14.5 Å². The molecule has 2 rings (SSSR count). The Morgan fingerprint density at radius 2 is 2.00 bits per heavy atom. The zero-order valence-corrected chi connectivity index (χ0v) is 13.1. The van der Waals surface area contributed by atoms with Crippen LogP contribution in [-0.2, 0) is 9.59 Å². The summed E-state index contributed by atoms with van der Waals surface area (Å²) in [6, 6.07) is 6.68. The average molecular weight is 331 g/mol. The van der Waals surface area contributed by atoms with Crippen molar-refractivity contribution in [1.82, 2.24) is 10.2 Å². The lowest BCUT2D eigenvalue weighted by atomic mass is 9.97. The van der Waals surface area contributed by atoms with E-state index in [9.17, 15) is 14.0 Å². The standard InChI is InChI=1S/C15H19FN2O3.ClH/c1-10-6-12(11-2-4-13(16)5-3-11)8-18(10)9-14(19)17-7-15(20)21;/h2-5,10,12H,6-9H2,1H3,(H,17,19)(H,20,21);1H. The Labute approximate surface area is 134 Å². The van der Waals surface area contributed by atoms with Crippen LogP contribution in [0.5, 0.6) is 0 Å². The summed E-state index contributed by atoms with van der Waals surface area (Å²) < 4.78 is 12.9. The van der Waals surface area contributed by atoms with Crippen molar-refractivity contribution >= 4 is 24.3 Å². The molecule has 1 amide bonds. The van der Waals surface area contributed by atoms with Crippen LogP contribution in [0.2, 0.25) is 0 Å². The highest BCUT2D eigenvalue weighted by atomic mass is 35.5. The third kappa shape index (κ3) is 4.96. The second kappa shape index (κ2) is 8.10. The molecule has 0 spiro atoms. The van der Waals surface area contributed by atoms with Gasteiger partial charge in [0.25, 0.3) is 0 Å². The number of hydrogen-bond acceptors (Lipinski definition) is 3. The first-order chi connectivity index (χ1) is 9.95. The number of amides is 1. The molecule has 1 aliphatic heterocycles. The van der Waals surface area contributed by atoms with Crippen LogP contribution in [0.3, 0.4) is 0 Å². The molecule has 2 atom stereocenters. The maximum absolute atomic E-state index is 12.9. The van der Waals surface area contributed by atoms with Crippen molar-refractivity contribution < 1.29 is 19.1 Å². The SMILES string of the molecule is CC1CC(c2ccc(F)cc2)CN1CC(=O)NCC(=O)O.Cl. The summed E-state index contributed by atoms with van der Waals surface area (Å²) in [5.74, 6) is -1.33. The summed E-state index contributed by atoms with van der Waals surface area (Å²) in [5, 5.41) is 10.9. The van der Waals surface area contributed by atoms with Gasteiger partial charge in [0.15, 0.2) is 0 Å². The Hall–Kier alpha value is -1.66. The molecule has 0 aliphatic carbocycles. The van der Waals surface area contributed by atoms with E-state index in [1.807, 2.05) is 11.8 Å². The second-order valence-corrected chi connectivity index (χ2v) is 5.43. The van der Waals surface area contributed by atoms with E-state index >= 15 is 0 Å². The number of likely N-dealkylation sites (tertiary alicyclic amines) is 1. The minimum atomic E-state index is -1.05. The van der Waals surface area contributed by atoms with E-state index in [0.717, 1.165) is 12.0 Å². The number of carboxylic acid groups (broad SMARTS) is 1. The fraction of sp³-hybridized carbons (Fsp3) is 0.467. The number of hydrogen-bond donors (Lipinski definition) is 2. The van der Waals surface area contributed by atoms with E-state index in [2.05, 4.69) is 5.32 Å². The third-order valence-electron chi connectivity index (χ3n) is 3.83. The molecule has 122 valence electrons. The van der Waals surface area contributed by atoms with Crippen molar-refractivity contribution in [2.45, 2.75) is 25.3 Å². The van der Waals surface area contributed by atoms with Crippen molar-refractivity contribution in [3.63, 3.8) is 0 Å². The van der Waals surface area contributed by atoms with Crippen LogP contribution in [0.25, 0.3) is 0 Å². The topological polar surface area (TPSA) is 69.6 Å².